The van der Waals surface area contributed by atoms with E-state index < -0.39 is 7.26 Å². The van der Waals surface area contributed by atoms with Crippen LogP contribution in [-0.2, 0) is 47.1 Å². The zero-order valence-corrected chi connectivity index (χ0v) is 34.4. The second-order valence-electron chi connectivity index (χ2n) is 10.8. The Hall–Kier alpha value is -3.44. The van der Waals surface area contributed by atoms with E-state index in [1.54, 1.807) is 18.8 Å². The van der Waals surface area contributed by atoms with Crippen molar-refractivity contribution < 1.29 is 38.8 Å². The first kappa shape index (κ1) is 43.0. The van der Waals surface area contributed by atoms with Crippen molar-refractivity contribution in [1.82, 2.24) is 10.6 Å². The molecule has 5 rings (SSSR count). The standard InChI is InChI=1S/C39H39N6OPS3.BrH.Cu/c1-40-38(48)44-42-37(31-23-25-35(50-2)26-24-31)36(30-15-7-3-8-16-30)43-45-39(49)41-27-28-46-29-47(32-17-9-4-10-18-32,33-19-11-5-12-20-33)34-21-13-6-14-22-34;;/h3-26H,27-29H2,1-2H3,(H3-,40,41,42,43,44,45,48,49);1H;/q;;+2/p-2. The van der Waals surface area contributed by atoms with Crippen LogP contribution in [0.15, 0.2) is 171 Å². The van der Waals surface area contributed by atoms with Gasteiger partial charge in [-0.25, -0.2) is 0 Å². The summed E-state index contributed by atoms with van der Waals surface area (Å²) in [7, 11) is -0.399. The van der Waals surface area contributed by atoms with Crippen LogP contribution in [0.3, 0.4) is 0 Å². The summed E-state index contributed by atoms with van der Waals surface area (Å²) in [6, 6.07) is 49.7. The number of amidine groups is 2. The third-order valence-electron chi connectivity index (χ3n) is 7.73. The molecule has 0 spiro atoms. The van der Waals surface area contributed by atoms with Gasteiger partial charge in [0.2, 0.25) is 0 Å². The first-order chi connectivity index (χ1) is 24.5. The minimum Gasteiger partial charge on any atom is -1.00 e. The third kappa shape index (κ3) is 11.5. The topological polar surface area (TPSA) is 82.7 Å². The van der Waals surface area contributed by atoms with Crippen LogP contribution < -0.4 is 43.5 Å². The van der Waals surface area contributed by atoms with Gasteiger partial charge in [0.15, 0.2) is 6.35 Å². The van der Waals surface area contributed by atoms with E-state index in [2.05, 4.69) is 122 Å². The SMILES string of the molecule is CNC([S-])=NN=C(C(=NN=C([S-])NCCOC[P+](c1ccccc1)(c1ccccc1)c1ccccc1)c1ccccc1)c1ccc(SC)cc1.[Br-].[Cu+2]. The Morgan fingerprint density at radius 3 is 1.48 bits per heavy atom. The predicted octanol–water partition coefficient (Wildman–Crippen LogP) is 3.10. The van der Waals surface area contributed by atoms with E-state index in [1.165, 1.54) is 15.9 Å². The van der Waals surface area contributed by atoms with E-state index in [1.807, 2.05) is 60.9 Å². The Bertz CT molecular complexity index is 1830. The van der Waals surface area contributed by atoms with Gasteiger partial charge in [-0.05, 0) is 65.1 Å². The van der Waals surface area contributed by atoms with E-state index >= 15 is 0 Å². The number of nitrogens with zero attached hydrogens (tertiary/aromatic N) is 4. The number of hydrogen-bond donors (Lipinski definition) is 2. The molecule has 0 bridgehead atoms. The molecule has 0 saturated carbocycles. The zero-order chi connectivity index (χ0) is 35.0. The largest absolute Gasteiger partial charge is 2.00 e. The minimum absolute atomic E-state index is 0. The predicted molar refractivity (Wildman–Crippen MR) is 220 cm³/mol. The normalized spacial score (nSPS) is 12.3. The number of halogens is 1. The molecule has 0 aromatic heterocycles. The van der Waals surface area contributed by atoms with Gasteiger partial charge in [-0.1, -0.05) is 97.1 Å². The van der Waals surface area contributed by atoms with Crippen LogP contribution in [0.2, 0.25) is 0 Å². The van der Waals surface area contributed by atoms with Crippen LogP contribution in [0.5, 0.6) is 0 Å². The molecule has 52 heavy (non-hydrogen) atoms. The number of hydrogen-bond acceptors (Lipinski definition) is 8. The molecule has 0 fully saturated rings. The summed E-state index contributed by atoms with van der Waals surface area (Å²) in [5.41, 5.74) is 2.65. The van der Waals surface area contributed by atoms with Crippen LogP contribution in [0, 0.1) is 0 Å². The van der Waals surface area contributed by atoms with Gasteiger partial charge >= 0.3 is 17.1 Å². The summed E-state index contributed by atoms with van der Waals surface area (Å²) in [5, 5.41) is 28.1. The van der Waals surface area contributed by atoms with E-state index in [0.29, 0.717) is 30.9 Å². The van der Waals surface area contributed by atoms with Gasteiger partial charge in [-0.3, -0.25) is 0 Å². The fraction of sp³-hybridized carbons (Fsp3) is 0.128. The van der Waals surface area contributed by atoms with Gasteiger partial charge in [0, 0.05) is 29.6 Å². The molecule has 0 atom stereocenters. The molecule has 0 aliphatic heterocycles. The van der Waals surface area contributed by atoms with Crippen LogP contribution in [0.1, 0.15) is 11.1 Å². The maximum atomic E-state index is 6.49. The summed E-state index contributed by atoms with van der Waals surface area (Å²) in [5.74, 6) is 0. The molecule has 1 radical (unpaired) electrons. The Balaban J connectivity index is 0.00000364. The van der Waals surface area contributed by atoms with Gasteiger partial charge < -0.3 is 57.6 Å². The molecular weight excluding hydrogens is 839 g/mol. The maximum Gasteiger partial charge on any atom is 2.00 e. The van der Waals surface area contributed by atoms with Crippen molar-refractivity contribution in [2.24, 2.45) is 20.4 Å². The van der Waals surface area contributed by atoms with Crippen molar-refractivity contribution in [3.05, 3.63) is 157 Å². The first-order valence-corrected chi connectivity index (χ1v) is 20.0. The third-order valence-corrected chi connectivity index (χ3v) is 13.1. The van der Waals surface area contributed by atoms with E-state index in [-0.39, 0.29) is 44.4 Å². The molecule has 5 aromatic rings. The Morgan fingerprint density at radius 1 is 0.615 bits per heavy atom. The molecule has 0 unspecified atom stereocenters. The summed E-state index contributed by atoms with van der Waals surface area (Å²) in [4.78, 5) is 1.13. The van der Waals surface area contributed by atoms with Crippen molar-refractivity contribution in [2.75, 3.05) is 32.8 Å². The van der Waals surface area contributed by atoms with Crippen LogP contribution in [0.4, 0.5) is 0 Å². The van der Waals surface area contributed by atoms with Gasteiger partial charge in [0.25, 0.3) is 0 Å². The van der Waals surface area contributed by atoms with Gasteiger partial charge in [-0.2, -0.15) is 10.2 Å². The molecule has 0 saturated heterocycles. The molecule has 0 amide bonds. The molecule has 7 nitrogen and oxygen atoms in total. The van der Waals surface area contributed by atoms with Crippen molar-refractivity contribution in [3.8, 4) is 0 Å². The monoisotopic (exact) mass is 875 g/mol. The van der Waals surface area contributed by atoms with Crippen LogP contribution in [0.25, 0.3) is 0 Å². The molecule has 0 aliphatic carbocycles. The molecular formula is C39H38BrCuN6OPS3. The second kappa shape index (κ2) is 22.6. The summed E-state index contributed by atoms with van der Waals surface area (Å²) >= 11 is 12.5. The van der Waals surface area contributed by atoms with Crippen molar-refractivity contribution in [3.63, 3.8) is 0 Å². The first-order valence-electron chi connectivity index (χ1n) is 15.9. The Morgan fingerprint density at radius 2 is 1.04 bits per heavy atom. The smallest absolute Gasteiger partial charge is 1.00 e. The quantitative estimate of drug-likeness (QED) is 0.0261. The molecule has 5 aromatic carbocycles. The van der Waals surface area contributed by atoms with E-state index in [9.17, 15) is 0 Å². The summed E-state index contributed by atoms with van der Waals surface area (Å²) in [6.07, 6.45) is 2.58. The molecule has 2 N–H and O–H groups in total. The maximum absolute atomic E-state index is 6.49. The number of ether oxygens (including phenoxy) is 1. The average Bonchev–Trinajstić information content (AvgIpc) is 3.19. The van der Waals surface area contributed by atoms with Crippen molar-refractivity contribution in [1.29, 1.82) is 0 Å². The fourth-order valence-electron chi connectivity index (χ4n) is 5.25. The van der Waals surface area contributed by atoms with Gasteiger partial charge in [0.1, 0.15) is 34.6 Å². The molecule has 271 valence electrons. The summed E-state index contributed by atoms with van der Waals surface area (Å²) in [6.45, 7) is 0.883. The van der Waals surface area contributed by atoms with Gasteiger partial charge in [0.05, 0.1) is 6.61 Å². The Labute approximate surface area is 343 Å². The second-order valence-corrected chi connectivity index (χ2v) is 15.9. The fourth-order valence-corrected chi connectivity index (χ4v) is 9.63. The van der Waals surface area contributed by atoms with Crippen LogP contribution >= 0.6 is 19.0 Å². The number of rotatable bonds is 14. The molecule has 13 heteroatoms. The van der Waals surface area contributed by atoms with Gasteiger partial charge in [-0.15, -0.1) is 22.0 Å². The van der Waals surface area contributed by atoms with Crippen molar-refractivity contribution in [2.45, 2.75) is 4.90 Å². The Kier molecular flexibility index (Phi) is 18.7. The van der Waals surface area contributed by atoms with Crippen molar-refractivity contribution >= 4 is 82.0 Å². The number of benzene rings is 5. The number of nitrogens with one attached hydrogen (secondary N) is 2. The number of thioether (sulfide) groups is 1. The molecule has 0 heterocycles. The zero-order valence-electron chi connectivity index (χ0n) is 28.5. The average molecular weight is 877 g/mol. The van der Waals surface area contributed by atoms with E-state index in [4.69, 9.17) is 30.0 Å². The minimum atomic E-state index is -2.10. The van der Waals surface area contributed by atoms with Crippen LogP contribution in [-0.4, -0.2) is 54.6 Å². The van der Waals surface area contributed by atoms with E-state index in [0.717, 1.165) is 16.0 Å². The summed E-state index contributed by atoms with van der Waals surface area (Å²) < 4.78 is 6.49. The molecule has 0 aliphatic rings.